The van der Waals surface area contributed by atoms with Gasteiger partial charge in [-0.25, -0.2) is 8.42 Å². The first-order valence-corrected chi connectivity index (χ1v) is 12.1. The molecule has 3 fully saturated rings. The van der Waals surface area contributed by atoms with Crippen molar-refractivity contribution in [1.29, 1.82) is 0 Å². The predicted molar refractivity (Wildman–Crippen MR) is 109 cm³/mol. The maximum atomic E-state index is 13.0. The Hall–Kier alpha value is -1.44. The molecule has 0 aromatic heterocycles. The molecule has 1 amide bonds. The van der Waals surface area contributed by atoms with E-state index in [4.69, 9.17) is 0 Å². The second kappa shape index (κ2) is 8.51. The summed E-state index contributed by atoms with van der Waals surface area (Å²) in [5.74, 6) is 0.632. The number of nitrogens with zero attached hydrogens (tertiary/aromatic N) is 2. The first-order valence-electron chi connectivity index (χ1n) is 10.6. The number of benzene rings is 1. The lowest BCUT2D eigenvalue weighted by Crippen LogP contribution is -2.51. The third-order valence-corrected chi connectivity index (χ3v) is 8.15. The molecular weight excluding hydrogens is 374 g/mol. The van der Waals surface area contributed by atoms with Gasteiger partial charge < -0.3 is 5.32 Å². The molecule has 3 aliphatic rings. The van der Waals surface area contributed by atoms with Crippen LogP contribution in [0.3, 0.4) is 0 Å². The molecule has 1 aliphatic heterocycles. The lowest BCUT2D eigenvalue weighted by atomic mass is 9.84. The van der Waals surface area contributed by atoms with Gasteiger partial charge in [0.05, 0.1) is 11.4 Å². The van der Waals surface area contributed by atoms with Crippen molar-refractivity contribution >= 4 is 15.9 Å². The van der Waals surface area contributed by atoms with Gasteiger partial charge in [-0.2, -0.15) is 4.31 Å². The van der Waals surface area contributed by atoms with Gasteiger partial charge >= 0.3 is 0 Å². The van der Waals surface area contributed by atoms with Crippen LogP contribution in [0.2, 0.25) is 0 Å². The van der Waals surface area contributed by atoms with Crippen molar-refractivity contribution in [3.63, 3.8) is 0 Å². The maximum absolute atomic E-state index is 13.0. The van der Waals surface area contributed by atoms with Gasteiger partial charge in [0.1, 0.15) is 0 Å². The van der Waals surface area contributed by atoms with Crippen LogP contribution in [0.1, 0.15) is 56.4 Å². The fraction of sp³-hybridized carbons (Fsp3) is 0.667. The number of hydrogen-bond donors (Lipinski definition) is 1. The number of rotatable bonds is 6. The molecule has 4 rings (SSSR count). The summed E-state index contributed by atoms with van der Waals surface area (Å²) in [6, 6.07) is 7.91. The van der Waals surface area contributed by atoms with Crippen LogP contribution in [0, 0.1) is 0 Å². The van der Waals surface area contributed by atoms with E-state index >= 15 is 0 Å². The molecule has 0 spiro atoms. The summed E-state index contributed by atoms with van der Waals surface area (Å²) >= 11 is 0. The highest BCUT2D eigenvalue weighted by atomic mass is 32.2. The molecule has 154 valence electrons. The third kappa shape index (κ3) is 4.75. The van der Waals surface area contributed by atoms with Crippen molar-refractivity contribution < 1.29 is 13.2 Å². The van der Waals surface area contributed by atoms with E-state index in [-0.39, 0.29) is 5.91 Å². The number of carbonyl (C=O) groups is 1. The van der Waals surface area contributed by atoms with Gasteiger partial charge in [0.25, 0.3) is 0 Å². The number of carbonyl (C=O) groups excluding carboxylic acids is 1. The standard InChI is InChI=1S/C21H31N3O3S/c25-21(22-19-8-9-19)16-23-12-14-24(15-13-23)28(26,27)20-10-6-18(7-11-20)17-4-2-1-3-5-17/h6-7,10-11,17,19H,1-5,8-9,12-16H2,(H,22,25). The first kappa shape index (κ1) is 19.9. The van der Waals surface area contributed by atoms with Gasteiger partial charge in [-0.1, -0.05) is 31.4 Å². The highest BCUT2D eigenvalue weighted by Crippen LogP contribution is 2.33. The van der Waals surface area contributed by atoms with E-state index in [1.54, 1.807) is 16.4 Å². The van der Waals surface area contributed by atoms with Crippen LogP contribution in [0.4, 0.5) is 0 Å². The van der Waals surface area contributed by atoms with Gasteiger partial charge in [-0.05, 0) is 49.3 Å². The Labute approximate surface area is 168 Å². The zero-order valence-corrected chi connectivity index (χ0v) is 17.3. The number of piperazine rings is 1. The number of hydrogen-bond acceptors (Lipinski definition) is 4. The lowest BCUT2D eigenvalue weighted by molar-refractivity contribution is -0.122. The molecule has 2 aliphatic carbocycles. The number of amides is 1. The molecule has 0 radical (unpaired) electrons. The fourth-order valence-corrected chi connectivity index (χ4v) is 5.75. The zero-order chi connectivity index (χ0) is 19.6. The van der Waals surface area contributed by atoms with Crippen LogP contribution in [-0.2, 0) is 14.8 Å². The quantitative estimate of drug-likeness (QED) is 0.789. The summed E-state index contributed by atoms with van der Waals surface area (Å²) in [6.07, 6.45) is 8.44. The highest BCUT2D eigenvalue weighted by Gasteiger charge is 2.30. The molecule has 2 saturated carbocycles. The maximum Gasteiger partial charge on any atom is 0.243 e. The van der Waals surface area contributed by atoms with Crippen LogP contribution in [0.15, 0.2) is 29.2 Å². The Bertz CT molecular complexity index is 776. The van der Waals surface area contributed by atoms with Crippen LogP contribution in [0.25, 0.3) is 0 Å². The Morgan fingerprint density at radius 2 is 1.57 bits per heavy atom. The lowest BCUT2D eigenvalue weighted by Gasteiger charge is -2.33. The first-order chi connectivity index (χ1) is 13.5. The van der Waals surface area contributed by atoms with Crippen LogP contribution in [0.5, 0.6) is 0 Å². The van der Waals surface area contributed by atoms with E-state index in [9.17, 15) is 13.2 Å². The molecule has 0 bridgehead atoms. The Morgan fingerprint density at radius 3 is 2.18 bits per heavy atom. The summed E-state index contributed by atoms with van der Waals surface area (Å²) in [5.41, 5.74) is 1.27. The monoisotopic (exact) mass is 405 g/mol. The molecule has 7 heteroatoms. The largest absolute Gasteiger partial charge is 0.352 e. The van der Waals surface area contributed by atoms with Gasteiger partial charge in [0, 0.05) is 32.2 Å². The molecule has 0 atom stereocenters. The van der Waals surface area contributed by atoms with E-state index in [0.717, 1.165) is 12.8 Å². The Balaban J connectivity index is 1.32. The summed E-state index contributed by atoms with van der Waals surface area (Å²) < 4.78 is 27.5. The molecule has 1 aromatic rings. The molecule has 1 N–H and O–H groups in total. The minimum absolute atomic E-state index is 0.0529. The van der Waals surface area contributed by atoms with E-state index < -0.39 is 10.0 Å². The second-order valence-corrected chi connectivity index (χ2v) is 10.4. The fourth-order valence-electron chi connectivity index (χ4n) is 4.33. The Kier molecular flexibility index (Phi) is 6.04. The van der Waals surface area contributed by atoms with E-state index in [1.807, 2.05) is 17.0 Å². The van der Waals surface area contributed by atoms with Crippen LogP contribution in [-0.4, -0.2) is 62.3 Å². The van der Waals surface area contributed by atoms with Crippen molar-refractivity contribution in [1.82, 2.24) is 14.5 Å². The van der Waals surface area contributed by atoms with Crippen molar-refractivity contribution in [2.75, 3.05) is 32.7 Å². The highest BCUT2D eigenvalue weighted by molar-refractivity contribution is 7.89. The Morgan fingerprint density at radius 1 is 0.929 bits per heavy atom. The minimum atomic E-state index is -3.46. The normalized spacial score (nSPS) is 22.9. The van der Waals surface area contributed by atoms with E-state index in [0.29, 0.717) is 49.6 Å². The summed E-state index contributed by atoms with van der Waals surface area (Å²) in [4.78, 5) is 14.4. The van der Waals surface area contributed by atoms with Crippen molar-refractivity contribution in [2.45, 2.75) is 61.8 Å². The van der Waals surface area contributed by atoms with Crippen LogP contribution >= 0.6 is 0 Å². The molecular formula is C21H31N3O3S. The number of sulfonamides is 1. The second-order valence-electron chi connectivity index (χ2n) is 8.43. The average Bonchev–Trinajstić information content (AvgIpc) is 3.53. The average molecular weight is 406 g/mol. The summed E-state index contributed by atoms with van der Waals surface area (Å²) in [5, 5.41) is 2.99. The molecule has 1 heterocycles. The smallest absolute Gasteiger partial charge is 0.243 e. The third-order valence-electron chi connectivity index (χ3n) is 6.24. The summed E-state index contributed by atoms with van der Waals surface area (Å²) in [6.45, 7) is 2.42. The van der Waals surface area contributed by atoms with Gasteiger partial charge in [-0.3, -0.25) is 9.69 Å². The van der Waals surface area contributed by atoms with Crippen molar-refractivity contribution in [3.8, 4) is 0 Å². The topological polar surface area (TPSA) is 69.7 Å². The predicted octanol–water partition coefficient (Wildman–Crippen LogP) is 2.32. The van der Waals surface area contributed by atoms with Crippen molar-refractivity contribution in [3.05, 3.63) is 29.8 Å². The summed E-state index contributed by atoms with van der Waals surface area (Å²) in [7, 11) is -3.46. The van der Waals surface area contributed by atoms with Gasteiger partial charge in [0.2, 0.25) is 15.9 Å². The molecule has 6 nitrogen and oxygen atoms in total. The van der Waals surface area contributed by atoms with Crippen LogP contribution < -0.4 is 5.32 Å². The van der Waals surface area contributed by atoms with Crippen molar-refractivity contribution in [2.24, 2.45) is 0 Å². The molecule has 1 aromatic carbocycles. The molecule has 28 heavy (non-hydrogen) atoms. The minimum Gasteiger partial charge on any atom is -0.352 e. The molecule has 0 unspecified atom stereocenters. The van der Waals surface area contributed by atoms with E-state index in [2.05, 4.69) is 5.32 Å². The SMILES string of the molecule is O=C(CN1CCN(S(=O)(=O)c2ccc(C3CCCCC3)cc2)CC1)NC1CC1. The molecule has 1 saturated heterocycles. The van der Waals surface area contributed by atoms with E-state index in [1.165, 1.54) is 37.7 Å². The zero-order valence-electron chi connectivity index (χ0n) is 16.5. The number of nitrogens with one attached hydrogen (secondary N) is 1. The van der Waals surface area contributed by atoms with Gasteiger partial charge in [0.15, 0.2) is 0 Å². The van der Waals surface area contributed by atoms with Gasteiger partial charge in [-0.15, -0.1) is 0 Å².